The first-order valence-electron chi connectivity index (χ1n) is 5.94. The first-order valence-corrected chi connectivity index (χ1v) is 7.92. The van der Waals surface area contributed by atoms with Crippen LogP contribution in [0.2, 0.25) is 10.0 Å². The molecule has 0 saturated carbocycles. The molecule has 1 atom stereocenters. The molecule has 2 aromatic carbocycles. The monoisotopic (exact) mass is 311 g/mol. The van der Waals surface area contributed by atoms with Crippen LogP contribution < -0.4 is 5.73 Å². The predicted molar refractivity (Wildman–Crippen MR) is 85.3 cm³/mol. The molecule has 1 nitrogen and oxygen atoms in total. The highest BCUT2D eigenvalue weighted by molar-refractivity contribution is 7.98. The van der Waals surface area contributed by atoms with Crippen molar-refractivity contribution in [1.82, 2.24) is 0 Å². The molecule has 19 heavy (non-hydrogen) atoms. The van der Waals surface area contributed by atoms with Crippen molar-refractivity contribution in [3.05, 3.63) is 63.6 Å². The lowest BCUT2D eigenvalue weighted by molar-refractivity contribution is 0.708. The lowest BCUT2D eigenvalue weighted by Crippen LogP contribution is -2.14. The quantitative estimate of drug-likeness (QED) is 0.808. The molecule has 0 spiro atoms. The Kier molecular flexibility index (Phi) is 5.17. The molecule has 0 amide bonds. The number of hydrogen-bond donors (Lipinski definition) is 1. The largest absolute Gasteiger partial charge is 0.324 e. The number of thioether (sulfide) groups is 1. The van der Waals surface area contributed by atoms with Crippen molar-refractivity contribution in [2.45, 2.75) is 17.4 Å². The summed E-state index contributed by atoms with van der Waals surface area (Å²) in [5.74, 6) is 0. The molecule has 0 aliphatic carbocycles. The molecule has 4 heteroatoms. The fourth-order valence-electron chi connectivity index (χ4n) is 2.02. The second kappa shape index (κ2) is 6.67. The molecule has 2 rings (SSSR count). The fourth-order valence-corrected chi connectivity index (χ4v) is 3.08. The molecule has 0 aromatic heterocycles. The van der Waals surface area contributed by atoms with Crippen molar-refractivity contribution in [2.75, 3.05) is 6.26 Å². The number of halogens is 2. The summed E-state index contributed by atoms with van der Waals surface area (Å²) in [7, 11) is 0. The summed E-state index contributed by atoms with van der Waals surface area (Å²) in [4.78, 5) is 1.20. The van der Waals surface area contributed by atoms with Gasteiger partial charge in [0.05, 0.1) is 0 Å². The van der Waals surface area contributed by atoms with Gasteiger partial charge in [-0.3, -0.25) is 0 Å². The highest BCUT2D eigenvalue weighted by Crippen LogP contribution is 2.29. The molecule has 0 aliphatic heterocycles. The van der Waals surface area contributed by atoms with Crippen LogP contribution in [-0.4, -0.2) is 6.26 Å². The van der Waals surface area contributed by atoms with E-state index >= 15 is 0 Å². The lowest BCUT2D eigenvalue weighted by Gasteiger charge is -2.16. The maximum absolute atomic E-state index is 6.31. The van der Waals surface area contributed by atoms with Crippen molar-refractivity contribution in [2.24, 2.45) is 5.73 Å². The summed E-state index contributed by atoms with van der Waals surface area (Å²) < 4.78 is 0. The molecule has 0 fully saturated rings. The smallest absolute Gasteiger partial charge is 0.0439 e. The molecule has 1 unspecified atom stereocenters. The Morgan fingerprint density at radius 1 is 1.16 bits per heavy atom. The zero-order valence-corrected chi connectivity index (χ0v) is 12.9. The standard InChI is InChI=1S/C15H15Cl2NS/c1-19-15-5-3-2-4-12(15)14(18)9-10-8-11(16)6-7-13(10)17/h2-8,14H,9,18H2,1H3. The molecule has 0 heterocycles. The predicted octanol–water partition coefficient (Wildman–Crippen LogP) is 4.96. The average Bonchev–Trinajstić information content (AvgIpc) is 2.42. The van der Waals surface area contributed by atoms with Gasteiger partial charge in [-0.1, -0.05) is 41.4 Å². The van der Waals surface area contributed by atoms with Crippen LogP contribution in [0.3, 0.4) is 0 Å². The van der Waals surface area contributed by atoms with E-state index in [-0.39, 0.29) is 6.04 Å². The summed E-state index contributed by atoms with van der Waals surface area (Å²) in [6, 6.07) is 13.6. The number of rotatable bonds is 4. The third-order valence-corrected chi connectivity index (χ3v) is 4.40. The van der Waals surface area contributed by atoms with Gasteiger partial charge in [-0.2, -0.15) is 0 Å². The molecule has 0 bridgehead atoms. The maximum Gasteiger partial charge on any atom is 0.0439 e. The van der Waals surface area contributed by atoms with Gasteiger partial charge < -0.3 is 5.73 Å². The Balaban J connectivity index is 2.25. The van der Waals surface area contributed by atoms with Crippen molar-refractivity contribution in [3.8, 4) is 0 Å². The van der Waals surface area contributed by atoms with E-state index in [1.54, 1.807) is 17.8 Å². The van der Waals surface area contributed by atoms with E-state index in [0.29, 0.717) is 16.5 Å². The summed E-state index contributed by atoms with van der Waals surface area (Å²) >= 11 is 13.9. The van der Waals surface area contributed by atoms with Crippen molar-refractivity contribution in [1.29, 1.82) is 0 Å². The zero-order valence-electron chi connectivity index (χ0n) is 10.6. The first kappa shape index (κ1) is 14.7. The fraction of sp³-hybridized carbons (Fsp3) is 0.200. The maximum atomic E-state index is 6.31. The third-order valence-electron chi connectivity index (χ3n) is 2.99. The van der Waals surface area contributed by atoms with E-state index in [1.165, 1.54) is 4.90 Å². The van der Waals surface area contributed by atoms with E-state index < -0.39 is 0 Å². The summed E-state index contributed by atoms with van der Waals surface area (Å²) in [6.45, 7) is 0. The van der Waals surface area contributed by atoms with Gasteiger partial charge in [0, 0.05) is 21.0 Å². The molecule has 2 N–H and O–H groups in total. The molecular weight excluding hydrogens is 297 g/mol. The number of benzene rings is 2. The Morgan fingerprint density at radius 2 is 1.89 bits per heavy atom. The lowest BCUT2D eigenvalue weighted by atomic mass is 9.99. The second-order valence-electron chi connectivity index (χ2n) is 4.29. The molecule has 0 radical (unpaired) electrons. The van der Waals surface area contributed by atoms with Crippen LogP contribution in [0.25, 0.3) is 0 Å². The highest BCUT2D eigenvalue weighted by atomic mass is 35.5. The van der Waals surface area contributed by atoms with Crippen molar-refractivity contribution in [3.63, 3.8) is 0 Å². The van der Waals surface area contributed by atoms with Crippen LogP contribution in [0, 0.1) is 0 Å². The minimum absolute atomic E-state index is 0.0837. The number of hydrogen-bond acceptors (Lipinski definition) is 2. The summed E-state index contributed by atoms with van der Waals surface area (Å²) in [6.07, 6.45) is 2.73. The average molecular weight is 312 g/mol. The van der Waals surface area contributed by atoms with Gasteiger partial charge in [0.1, 0.15) is 0 Å². The SMILES string of the molecule is CSc1ccccc1C(N)Cc1cc(Cl)ccc1Cl. The van der Waals surface area contributed by atoms with E-state index in [1.807, 2.05) is 24.3 Å². The van der Waals surface area contributed by atoms with E-state index in [2.05, 4.69) is 18.4 Å². The molecular formula is C15H15Cl2NS. The van der Waals surface area contributed by atoms with Crippen molar-refractivity contribution < 1.29 is 0 Å². The first-order chi connectivity index (χ1) is 9.11. The Labute approximate surface area is 128 Å². The van der Waals surface area contributed by atoms with Gasteiger partial charge >= 0.3 is 0 Å². The van der Waals surface area contributed by atoms with E-state index in [4.69, 9.17) is 28.9 Å². The van der Waals surface area contributed by atoms with Gasteiger partial charge in [-0.25, -0.2) is 0 Å². The van der Waals surface area contributed by atoms with Gasteiger partial charge in [0.2, 0.25) is 0 Å². The van der Waals surface area contributed by atoms with Crippen LogP contribution >= 0.6 is 35.0 Å². The number of nitrogens with two attached hydrogens (primary N) is 1. The van der Waals surface area contributed by atoms with Crippen molar-refractivity contribution >= 4 is 35.0 Å². The Bertz CT molecular complexity index is 572. The van der Waals surface area contributed by atoms with Crippen LogP contribution in [0.15, 0.2) is 47.4 Å². The minimum atomic E-state index is -0.0837. The molecule has 0 aliphatic rings. The highest BCUT2D eigenvalue weighted by Gasteiger charge is 2.13. The topological polar surface area (TPSA) is 26.0 Å². The van der Waals surface area contributed by atoms with Crippen LogP contribution in [0.5, 0.6) is 0 Å². The van der Waals surface area contributed by atoms with E-state index in [0.717, 1.165) is 11.1 Å². The van der Waals surface area contributed by atoms with Gasteiger partial charge in [-0.05, 0) is 48.1 Å². The summed E-state index contributed by atoms with van der Waals surface area (Å²) in [5.41, 5.74) is 8.44. The molecule has 2 aromatic rings. The van der Waals surface area contributed by atoms with Crippen LogP contribution in [0.4, 0.5) is 0 Å². The van der Waals surface area contributed by atoms with Crippen LogP contribution in [0.1, 0.15) is 17.2 Å². The molecule has 0 saturated heterocycles. The van der Waals surface area contributed by atoms with Gasteiger partial charge in [-0.15, -0.1) is 11.8 Å². The molecule has 100 valence electrons. The minimum Gasteiger partial charge on any atom is -0.324 e. The second-order valence-corrected chi connectivity index (χ2v) is 5.98. The third kappa shape index (κ3) is 3.67. The Morgan fingerprint density at radius 3 is 2.63 bits per heavy atom. The van der Waals surface area contributed by atoms with E-state index in [9.17, 15) is 0 Å². The summed E-state index contributed by atoms with van der Waals surface area (Å²) in [5, 5.41) is 1.39. The Hall–Kier alpha value is -0.670. The van der Waals surface area contributed by atoms with Gasteiger partial charge in [0.25, 0.3) is 0 Å². The van der Waals surface area contributed by atoms with Crippen LogP contribution in [-0.2, 0) is 6.42 Å². The van der Waals surface area contributed by atoms with Gasteiger partial charge in [0.15, 0.2) is 0 Å². The normalized spacial score (nSPS) is 12.4. The zero-order chi connectivity index (χ0) is 13.8.